The van der Waals surface area contributed by atoms with Crippen LogP contribution in [0.1, 0.15) is 54.9 Å². The number of aromatic nitrogens is 3. The van der Waals surface area contributed by atoms with Gasteiger partial charge in [0.2, 0.25) is 5.91 Å². The molecule has 1 amide bonds. The number of aryl methyl sites for hydroxylation is 2. The van der Waals surface area contributed by atoms with Crippen molar-refractivity contribution in [2.75, 3.05) is 31.6 Å². The van der Waals surface area contributed by atoms with Gasteiger partial charge < -0.3 is 20.5 Å². The molecule has 3 aliphatic rings. The van der Waals surface area contributed by atoms with Crippen LogP contribution in [-0.4, -0.2) is 64.0 Å². The molecule has 0 bridgehead atoms. The highest BCUT2D eigenvalue weighted by Gasteiger charge is 2.33. The predicted molar refractivity (Wildman–Crippen MR) is 140 cm³/mol. The first-order valence-corrected chi connectivity index (χ1v) is 13.8. The van der Waals surface area contributed by atoms with Crippen LogP contribution < -0.4 is 15.8 Å². The second-order valence-corrected chi connectivity index (χ2v) is 11.3. The summed E-state index contributed by atoms with van der Waals surface area (Å²) >= 11 is 1.72. The normalized spacial score (nSPS) is 24.6. The molecule has 1 aliphatic heterocycles. The molecular formula is C26H34N6O3S. The summed E-state index contributed by atoms with van der Waals surface area (Å²) in [7, 11) is 1.90. The maximum atomic E-state index is 11.8. The van der Waals surface area contributed by atoms with Gasteiger partial charge in [-0.25, -0.2) is 4.98 Å². The molecule has 2 aliphatic carbocycles. The zero-order chi connectivity index (χ0) is 24.6. The maximum Gasteiger partial charge on any atom is 0.218 e. The van der Waals surface area contributed by atoms with Crippen LogP contribution in [0.2, 0.25) is 0 Å². The van der Waals surface area contributed by atoms with E-state index in [9.17, 15) is 4.79 Å². The third-order valence-electron chi connectivity index (χ3n) is 7.78. The minimum atomic E-state index is -0.252. The Morgan fingerprint density at radius 2 is 2.03 bits per heavy atom. The number of carbonyl (C=O) groups excluding carboxylic acids is 1. The number of amides is 1. The number of hydrogen-bond donors (Lipinski definition) is 2. The lowest BCUT2D eigenvalue weighted by atomic mass is 9.91. The topological polar surface area (TPSA) is 108 Å². The molecule has 0 spiro atoms. The van der Waals surface area contributed by atoms with Crippen molar-refractivity contribution in [3.8, 4) is 5.75 Å². The molecule has 10 heteroatoms. The minimum Gasteiger partial charge on any atom is -0.490 e. The van der Waals surface area contributed by atoms with Crippen LogP contribution in [-0.2, 0) is 23.0 Å². The number of anilines is 2. The number of primary amides is 1. The van der Waals surface area contributed by atoms with Gasteiger partial charge in [0.1, 0.15) is 16.4 Å². The molecule has 0 radical (unpaired) electrons. The number of hydrogen-bond acceptors (Lipinski definition) is 8. The van der Waals surface area contributed by atoms with Crippen molar-refractivity contribution in [1.82, 2.24) is 19.7 Å². The van der Waals surface area contributed by atoms with E-state index in [2.05, 4.69) is 15.3 Å². The van der Waals surface area contributed by atoms with E-state index in [0.29, 0.717) is 12.5 Å². The molecule has 0 unspecified atom stereocenters. The molecule has 192 valence electrons. The monoisotopic (exact) mass is 510 g/mol. The molecule has 36 heavy (non-hydrogen) atoms. The number of ether oxygens (including phenoxy) is 2. The summed E-state index contributed by atoms with van der Waals surface area (Å²) in [6.45, 7) is 3.75. The molecule has 3 aromatic rings. The standard InChI is InChI=1S/C26H34N6O3S/c1-31-9-8-22(30-31)28-23-15-19(35-18-5-3-17(4-6-18)32-10-12-34-13-11-32)25-24-16(14-21(27)33)2-7-20(24)36-26(25)29-23/h8-9,15-18H,2-7,10-14H2,1H3,(H2,27,33)(H,28,29,30)/t16-,17?,18?/m1/s1. The molecule has 1 atom stereocenters. The van der Waals surface area contributed by atoms with Crippen LogP contribution in [0.4, 0.5) is 11.6 Å². The zero-order valence-corrected chi connectivity index (χ0v) is 21.6. The van der Waals surface area contributed by atoms with Gasteiger partial charge in [-0.15, -0.1) is 11.3 Å². The fourth-order valence-corrected chi connectivity index (χ4v) is 7.36. The van der Waals surface area contributed by atoms with E-state index in [4.69, 9.17) is 20.2 Å². The predicted octanol–water partition coefficient (Wildman–Crippen LogP) is 3.70. The van der Waals surface area contributed by atoms with E-state index in [1.165, 1.54) is 10.4 Å². The van der Waals surface area contributed by atoms with Crippen LogP contribution >= 0.6 is 11.3 Å². The Bertz CT molecular complexity index is 1240. The summed E-state index contributed by atoms with van der Waals surface area (Å²) in [4.78, 5) is 21.6. The van der Waals surface area contributed by atoms with Gasteiger partial charge in [-0.3, -0.25) is 14.4 Å². The van der Waals surface area contributed by atoms with Gasteiger partial charge in [0, 0.05) is 55.8 Å². The fourth-order valence-electron chi connectivity index (χ4n) is 6.07. The highest BCUT2D eigenvalue weighted by Crippen LogP contribution is 2.49. The van der Waals surface area contributed by atoms with E-state index in [0.717, 1.165) is 92.4 Å². The third-order valence-corrected chi connectivity index (χ3v) is 8.94. The van der Waals surface area contributed by atoms with Gasteiger partial charge in [0.15, 0.2) is 5.82 Å². The molecular weight excluding hydrogens is 476 g/mol. The maximum absolute atomic E-state index is 11.8. The quantitative estimate of drug-likeness (QED) is 0.499. The van der Waals surface area contributed by atoms with Crippen LogP contribution in [0.25, 0.3) is 10.2 Å². The summed E-state index contributed by atoms with van der Waals surface area (Å²) in [5.74, 6) is 2.23. The first-order chi connectivity index (χ1) is 17.5. The van der Waals surface area contributed by atoms with Crippen LogP contribution in [0.5, 0.6) is 5.75 Å². The van der Waals surface area contributed by atoms with Crippen molar-refractivity contribution in [1.29, 1.82) is 0 Å². The number of nitrogens with two attached hydrogens (primary N) is 1. The number of thiophene rings is 1. The highest BCUT2D eigenvalue weighted by atomic mass is 32.1. The lowest BCUT2D eigenvalue weighted by molar-refractivity contribution is -0.118. The van der Waals surface area contributed by atoms with E-state index < -0.39 is 0 Å². The number of nitrogens with one attached hydrogen (secondary N) is 1. The molecule has 9 nitrogen and oxygen atoms in total. The van der Waals surface area contributed by atoms with Crippen molar-refractivity contribution >= 4 is 39.1 Å². The molecule has 1 saturated carbocycles. The number of rotatable bonds is 7. The van der Waals surface area contributed by atoms with E-state index >= 15 is 0 Å². The van der Waals surface area contributed by atoms with Crippen LogP contribution in [0.15, 0.2) is 18.3 Å². The van der Waals surface area contributed by atoms with Crippen molar-refractivity contribution in [2.24, 2.45) is 12.8 Å². The number of carbonyl (C=O) groups is 1. The smallest absolute Gasteiger partial charge is 0.218 e. The third kappa shape index (κ3) is 4.81. The summed E-state index contributed by atoms with van der Waals surface area (Å²) < 4.78 is 14.1. The van der Waals surface area contributed by atoms with Crippen molar-refractivity contribution in [2.45, 2.75) is 63.0 Å². The van der Waals surface area contributed by atoms with Crippen LogP contribution in [0, 0.1) is 0 Å². The van der Waals surface area contributed by atoms with E-state index in [1.807, 2.05) is 25.4 Å². The molecule has 3 N–H and O–H groups in total. The van der Waals surface area contributed by atoms with Crippen LogP contribution in [0.3, 0.4) is 0 Å². The molecule has 6 rings (SSSR count). The average Bonchev–Trinajstić information content (AvgIpc) is 3.56. The minimum absolute atomic E-state index is 0.141. The van der Waals surface area contributed by atoms with Gasteiger partial charge >= 0.3 is 0 Å². The molecule has 3 aromatic heterocycles. The van der Waals surface area contributed by atoms with Gasteiger partial charge in [-0.2, -0.15) is 5.10 Å². The number of fused-ring (bicyclic) bond motifs is 3. The second kappa shape index (κ2) is 9.99. The summed E-state index contributed by atoms with van der Waals surface area (Å²) in [6, 6.07) is 4.56. The number of morpholine rings is 1. The Kier molecular flexibility index (Phi) is 6.57. The zero-order valence-electron chi connectivity index (χ0n) is 20.7. The Morgan fingerprint density at radius 3 is 2.75 bits per heavy atom. The van der Waals surface area contributed by atoms with Gasteiger partial charge in [-0.05, 0) is 50.0 Å². The Hall–Kier alpha value is -2.69. The number of nitrogens with zero attached hydrogens (tertiary/aromatic N) is 4. The van der Waals surface area contributed by atoms with E-state index in [1.54, 1.807) is 16.0 Å². The van der Waals surface area contributed by atoms with Gasteiger partial charge in [0.25, 0.3) is 0 Å². The summed E-state index contributed by atoms with van der Waals surface area (Å²) in [6.07, 6.45) is 8.71. The van der Waals surface area contributed by atoms with Crippen molar-refractivity contribution < 1.29 is 14.3 Å². The molecule has 2 fully saturated rings. The second-order valence-electron chi connectivity index (χ2n) is 10.2. The van der Waals surface area contributed by atoms with E-state index in [-0.39, 0.29) is 17.9 Å². The average molecular weight is 511 g/mol. The van der Waals surface area contributed by atoms with Gasteiger partial charge in [-0.1, -0.05) is 0 Å². The Labute approximate surface area is 214 Å². The molecule has 0 aromatic carbocycles. The lowest BCUT2D eigenvalue weighted by Gasteiger charge is -2.38. The first-order valence-electron chi connectivity index (χ1n) is 13.0. The Morgan fingerprint density at radius 1 is 1.22 bits per heavy atom. The largest absolute Gasteiger partial charge is 0.490 e. The molecule has 1 saturated heterocycles. The SMILES string of the molecule is Cn1ccc(Nc2cc(OC3CCC(N4CCOCC4)CC3)c3c4c(sc3n2)CC[C@@H]4CC(N)=O)n1. The summed E-state index contributed by atoms with van der Waals surface area (Å²) in [5, 5.41) is 8.86. The van der Waals surface area contributed by atoms with Gasteiger partial charge in [0.05, 0.1) is 24.7 Å². The summed E-state index contributed by atoms with van der Waals surface area (Å²) in [5.41, 5.74) is 6.83. The Balaban J connectivity index is 1.28. The van der Waals surface area contributed by atoms with Crippen molar-refractivity contribution in [3.63, 3.8) is 0 Å². The molecule has 4 heterocycles. The lowest BCUT2D eigenvalue weighted by Crippen LogP contribution is -2.46. The number of pyridine rings is 1. The van der Waals surface area contributed by atoms with Crippen molar-refractivity contribution in [3.05, 3.63) is 28.8 Å². The fraction of sp³-hybridized carbons (Fsp3) is 0.577. The first kappa shape index (κ1) is 23.7. The highest BCUT2D eigenvalue weighted by molar-refractivity contribution is 7.19.